The first-order valence-corrected chi connectivity index (χ1v) is 8.21. The number of anilines is 1. The van der Waals surface area contributed by atoms with Crippen LogP contribution in [0.3, 0.4) is 0 Å². The average Bonchev–Trinajstić information content (AvgIpc) is 2.63. The van der Waals surface area contributed by atoms with Crippen LogP contribution < -0.4 is 5.32 Å². The van der Waals surface area contributed by atoms with Crippen molar-refractivity contribution in [1.29, 1.82) is 0 Å². The Hall–Kier alpha value is -3.21. The number of carbonyl (C=O) groups excluding carboxylic acids is 2. The topological polar surface area (TPSA) is 55.4 Å². The molecular weight excluding hydrogens is 333 g/mol. The van der Waals surface area contributed by atoms with Crippen LogP contribution in [0.1, 0.15) is 11.1 Å². The maximum Gasteiger partial charge on any atom is 0.310 e. The molecule has 0 atom stereocenters. The van der Waals surface area contributed by atoms with Crippen LogP contribution in [-0.4, -0.2) is 18.5 Å². The van der Waals surface area contributed by atoms with Crippen molar-refractivity contribution in [2.24, 2.45) is 0 Å². The summed E-state index contributed by atoms with van der Waals surface area (Å²) in [7, 11) is 0. The molecule has 0 radical (unpaired) electrons. The van der Waals surface area contributed by atoms with Gasteiger partial charge in [0.15, 0.2) is 6.61 Å². The second-order valence-electron chi connectivity index (χ2n) is 6.01. The van der Waals surface area contributed by atoms with Gasteiger partial charge in [0, 0.05) is 0 Å². The van der Waals surface area contributed by atoms with Crippen LogP contribution in [0.25, 0.3) is 10.8 Å². The fourth-order valence-electron chi connectivity index (χ4n) is 2.71. The van der Waals surface area contributed by atoms with Crippen LogP contribution in [0.5, 0.6) is 0 Å². The molecule has 1 amide bonds. The van der Waals surface area contributed by atoms with Crippen molar-refractivity contribution < 1.29 is 18.7 Å². The average molecular weight is 351 g/mol. The summed E-state index contributed by atoms with van der Waals surface area (Å²) in [6, 6.07) is 17.9. The van der Waals surface area contributed by atoms with Gasteiger partial charge in [-0.2, -0.15) is 0 Å². The Bertz CT molecular complexity index is 963. The van der Waals surface area contributed by atoms with Crippen LogP contribution >= 0.6 is 0 Å². The molecule has 0 heterocycles. The van der Waals surface area contributed by atoms with Gasteiger partial charge in [0.1, 0.15) is 5.82 Å². The number of aryl methyl sites for hydroxylation is 1. The maximum atomic E-state index is 13.7. The van der Waals surface area contributed by atoms with E-state index in [4.69, 9.17) is 4.74 Å². The van der Waals surface area contributed by atoms with E-state index in [2.05, 4.69) is 5.32 Å². The summed E-state index contributed by atoms with van der Waals surface area (Å²) < 4.78 is 18.7. The number of halogens is 1. The number of amides is 1. The summed E-state index contributed by atoms with van der Waals surface area (Å²) in [5.74, 6) is -1.62. The molecule has 0 unspecified atom stereocenters. The molecule has 0 saturated carbocycles. The molecule has 3 aromatic rings. The normalized spacial score (nSPS) is 10.5. The van der Waals surface area contributed by atoms with Crippen molar-refractivity contribution in [3.8, 4) is 0 Å². The third-order valence-electron chi connectivity index (χ3n) is 3.98. The minimum absolute atomic E-state index is 0.0608. The monoisotopic (exact) mass is 351 g/mol. The van der Waals surface area contributed by atoms with Crippen LogP contribution in [-0.2, 0) is 20.7 Å². The zero-order chi connectivity index (χ0) is 18.5. The number of hydrogen-bond acceptors (Lipinski definition) is 3. The smallest absolute Gasteiger partial charge is 0.310 e. The van der Waals surface area contributed by atoms with Crippen molar-refractivity contribution in [3.05, 3.63) is 77.6 Å². The Balaban J connectivity index is 1.57. The lowest BCUT2D eigenvalue weighted by Gasteiger charge is -2.09. The zero-order valence-corrected chi connectivity index (χ0v) is 14.3. The van der Waals surface area contributed by atoms with Crippen LogP contribution in [0, 0.1) is 12.7 Å². The highest BCUT2D eigenvalue weighted by atomic mass is 19.1. The molecule has 0 saturated heterocycles. The summed E-state index contributed by atoms with van der Waals surface area (Å²) in [4.78, 5) is 23.9. The molecule has 0 fully saturated rings. The number of carbonyl (C=O) groups is 2. The number of benzene rings is 3. The molecule has 0 bridgehead atoms. The number of fused-ring (bicyclic) bond motifs is 1. The summed E-state index contributed by atoms with van der Waals surface area (Å²) in [5.41, 5.74) is 1.64. The third-order valence-corrected chi connectivity index (χ3v) is 3.98. The minimum Gasteiger partial charge on any atom is -0.455 e. The van der Waals surface area contributed by atoms with E-state index in [1.807, 2.05) is 42.5 Å². The van der Waals surface area contributed by atoms with E-state index in [0.717, 1.165) is 21.9 Å². The quantitative estimate of drug-likeness (QED) is 0.707. The number of hydrogen-bond donors (Lipinski definition) is 1. The Labute approximate surface area is 150 Å². The third kappa shape index (κ3) is 4.25. The number of ether oxygens (including phenoxy) is 1. The molecule has 0 spiro atoms. The van der Waals surface area contributed by atoms with Gasteiger partial charge < -0.3 is 10.1 Å². The SMILES string of the molecule is Cc1ccc(NC(=O)COC(=O)Cc2cccc3ccccc23)c(F)c1. The lowest BCUT2D eigenvalue weighted by molar-refractivity contribution is -0.146. The molecule has 132 valence electrons. The van der Waals surface area contributed by atoms with E-state index in [0.29, 0.717) is 0 Å². The van der Waals surface area contributed by atoms with E-state index >= 15 is 0 Å². The van der Waals surface area contributed by atoms with Gasteiger partial charge in [-0.25, -0.2) is 4.39 Å². The van der Waals surface area contributed by atoms with Gasteiger partial charge in [-0.3, -0.25) is 9.59 Å². The predicted molar refractivity (Wildman–Crippen MR) is 98.4 cm³/mol. The van der Waals surface area contributed by atoms with E-state index < -0.39 is 24.3 Å². The fourth-order valence-corrected chi connectivity index (χ4v) is 2.71. The highest BCUT2D eigenvalue weighted by Gasteiger charge is 2.12. The summed E-state index contributed by atoms with van der Waals surface area (Å²) >= 11 is 0. The summed E-state index contributed by atoms with van der Waals surface area (Å²) in [6.45, 7) is 1.29. The van der Waals surface area contributed by atoms with Gasteiger partial charge in [0.2, 0.25) is 0 Å². The molecule has 26 heavy (non-hydrogen) atoms. The molecule has 3 aromatic carbocycles. The second kappa shape index (κ2) is 7.78. The lowest BCUT2D eigenvalue weighted by atomic mass is 10.0. The minimum atomic E-state index is -0.584. The highest BCUT2D eigenvalue weighted by molar-refractivity contribution is 5.93. The first-order chi connectivity index (χ1) is 12.5. The molecule has 3 rings (SSSR count). The summed E-state index contributed by atoms with van der Waals surface area (Å²) in [5, 5.41) is 4.40. The molecule has 4 nitrogen and oxygen atoms in total. The van der Waals surface area contributed by atoms with Crippen molar-refractivity contribution >= 4 is 28.3 Å². The molecule has 0 aliphatic rings. The van der Waals surface area contributed by atoms with Crippen LogP contribution in [0.4, 0.5) is 10.1 Å². The first-order valence-electron chi connectivity index (χ1n) is 8.21. The first kappa shape index (κ1) is 17.6. The van der Waals surface area contributed by atoms with Crippen LogP contribution in [0.15, 0.2) is 60.7 Å². The Morgan fingerprint density at radius 1 is 1.04 bits per heavy atom. The van der Waals surface area contributed by atoms with Crippen LogP contribution in [0.2, 0.25) is 0 Å². The maximum absolute atomic E-state index is 13.7. The molecule has 0 aliphatic heterocycles. The highest BCUT2D eigenvalue weighted by Crippen LogP contribution is 2.19. The van der Waals surface area contributed by atoms with Crippen molar-refractivity contribution in [1.82, 2.24) is 0 Å². The molecule has 0 aromatic heterocycles. The van der Waals surface area contributed by atoms with Gasteiger partial charge in [0.05, 0.1) is 12.1 Å². The fraction of sp³-hybridized carbons (Fsp3) is 0.143. The van der Waals surface area contributed by atoms with Crippen molar-refractivity contribution in [2.45, 2.75) is 13.3 Å². The molecule has 5 heteroatoms. The van der Waals surface area contributed by atoms with Gasteiger partial charge in [-0.05, 0) is 41.0 Å². The van der Waals surface area contributed by atoms with E-state index in [9.17, 15) is 14.0 Å². The zero-order valence-electron chi connectivity index (χ0n) is 14.3. The number of nitrogens with one attached hydrogen (secondary N) is 1. The number of esters is 1. The second-order valence-corrected chi connectivity index (χ2v) is 6.01. The van der Waals surface area contributed by atoms with Gasteiger partial charge in [-0.1, -0.05) is 48.5 Å². The van der Waals surface area contributed by atoms with Crippen molar-refractivity contribution in [2.75, 3.05) is 11.9 Å². The Morgan fingerprint density at radius 2 is 1.81 bits per heavy atom. The standard InChI is InChI=1S/C21H18FNO3/c1-14-9-10-19(18(22)11-14)23-20(24)13-26-21(25)12-16-7-4-6-15-5-2-3-8-17(15)16/h2-11H,12-13H2,1H3,(H,23,24). The molecular formula is C21H18FNO3. The largest absolute Gasteiger partial charge is 0.455 e. The number of rotatable bonds is 5. The van der Waals surface area contributed by atoms with E-state index in [1.165, 1.54) is 12.1 Å². The predicted octanol–water partition coefficient (Wildman–Crippen LogP) is 4.01. The molecule has 1 N–H and O–H groups in total. The van der Waals surface area contributed by atoms with Gasteiger partial charge in [-0.15, -0.1) is 0 Å². The van der Waals surface area contributed by atoms with E-state index in [-0.39, 0.29) is 12.1 Å². The van der Waals surface area contributed by atoms with Gasteiger partial charge >= 0.3 is 5.97 Å². The van der Waals surface area contributed by atoms with E-state index in [1.54, 1.807) is 13.0 Å². The Kier molecular flexibility index (Phi) is 5.27. The summed E-state index contributed by atoms with van der Waals surface area (Å²) in [6.07, 6.45) is 0.0630. The lowest BCUT2D eigenvalue weighted by Crippen LogP contribution is -2.22. The Morgan fingerprint density at radius 3 is 2.62 bits per heavy atom. The van der Waals surface area contributed by atoms with Gasteiger partial charge in [0.25, 0.3) is 5.91 Å². The molecule has 0 aliphatic carbocycles. The van der Waals surface area contributed by atoms with Crippen molar-refractivity contribution in [3.63, 3.8) is 0 Å².